The van der Waals surface area contributed by atoms with Crippen LogP contribution in [0.15, 0.2) is 53.5 Å². The fourth-order valence-corrected chi connectivity index (χ4v) is 2.84. The van der Waals surface area contributed by atoms with Crippen molar-refractivity contribution in [3.05, 3.63) is 59.7 Å². The zero-order valence-electron chi connectivity index (χ0n) is 14.9. The van der Waals surface area contributed by atoms with Crippen LogP contribution in [0.2, 0.25) is 0 Å². The van der Waals surface area contributed by atoms with Crippen molar-refractivity contribution in [2.75, 3.05) is 36.6 Å². The molecule has 0 heterocycles. The van der Waals surface area contributed by atoms with Crippen LogP contribution in [-0.4, -0.2) is 46.7 Å². The van der Waals surface area contributed by atoms with Crippen molar-refractivity contribution in [3.8, 4) is 0 Å². The normalized spacial score (nSPS) is 11.9. The second-order valence-electron chi connectivity index (χ2n) is 5.60. The molecule has 2 N–H and O–H groups in total. The predicted octanol–water partition coefficient (Wildman–Crippen LogP) is 1.06. The van der Waals surface area contributed by atoms with Gasteiger partial charge in [-0.2, -0.15) is 0 Å². The lowest BCUT2D eigenvalue weighted by molar-refractivity contribution is -0.213. The van der Waals surface area contributed by atoms with Crippen LogP contribution in [0.3, 0.4) is 0 Å². The molecule has 27 heavy (non-hydrogen) atoms. The highest BCUT2D eigenvalue weighted by atomic mass is 32.2. The van der Waals surface area contributed by atoms with E-state index in [0.29, 0.717) is 6.61 Å². The van der Waals surface area contributed by atoms with Crippen LogP contribution < -0.4 is 15.1 Å². The van der Waals surface area contributed by atoms with Gasteiger partial charge in [-0.25, -0.2) is 8.42 Å². The number of ether oxygens (including phenoxy) is 1. The quantitative estimate of drug-likeness (QED) is 0.397. The van der Waals surface area contributed by atoms with Crippen molar-refractivity contribution in [2.45, 2.75) is 0 Å². The Morgan fingerprint density at radius 2 is 1.67 bits per heavy atom. The monoisotopic (exact) mass is 390 g/mol. The number of benzene rings is 2. The first-order valence-electron chi connectivity index (χ1n) is 8.00. The fraction of sp³-hybridized carbons (Fsp3) is 0.222. The van der Waals surface area contributed by atoms with E-state index in [2.05, 4.69) is 15.0 Å². The highest BCUT2D eigenvalue weighted by molar-refractivity contribution is 7.92. The van der Waals surface area contributed by atoms with Crippen molar-refractivity contribution in [3.63, 3.8) is 0 Å². The van der Waals surface area contributed by atoms with Crippen LogP contribution >= 0.6 is 0 Å². The van der Waals surface area contributed by atoms with Crippen molar-refractivity contribution in [1.29, 1.82) is 0 Å². The minimum absolute atomic E-state index is 0.126. The van der Waals surface area contributed by atoms with Crippen LogP contribution in [0.4, 0.5) is 11.4 Å². The number of hydrogen-bond acceptors (Lipinski definition) is 6. The molecule has 0 unspecified atom stereocenters. The lowest BCUT2D eigenvalue weighted by atomic mass is 10.1. The molecule has 0 aliphatic carbocycles. The van der Waals surface area contributed by atoms with Gasteiger partial charge in [-0.3, -0.25) is 14.5 Å². The average Bonchev–Trinajstić information content (AvgIpc) is 2.61. The summed E-state index contributed by atoms with van der Waals surface area (Å²) in [5.41, 5.74) is 0.783. The number of amides is 1. The minimum Gasteiger partial charge on any atom is -0.858 e. The first kappa shape index (κ1) is 20.4. The number of sulfonamides is 1. The number of anilines is 2. The Bertz CT molecular complexity index is 942. The average molecular weight is 390 g/mol. The number of nitrogens with zero attached hydrogens (tertiary/aromatic N) is 1. The maximum absolute atomic E-state index is 12.6. The van der Waals surface area contributed by atoms with E-state index in [1.165, 1.54) is 19.2 Å². The molecule has 2 aromatic rings. The zero-order chi connectivity index (χ0) is 19.9. The number of carbonyl (C=O) groups is 1. The second kappa shape index (κ2) is 9.15. The molecule has 0 bridgehead atoms. The Kier molecular flexibility index (Phi) is 6.91. The van der Waals surface area contributed by atoms with Gasteiger partial charge in [-0.15, -0.1) is 0 Å². The number of carbonyl (C=O) groups excluding carboxylic acids is 1. The lowest BCUT2D eigenvalue weighted by Crippen LogP contribution is -2.23. The van der Waals surface area contributed by atoms with E-state index < -0.39 is 21.8 Å². The Balaban J connectivity index is 2.29. The van der Waals surface area contributed by atoms with E-state index in [1.54, 1.807) is 36.4 Å². The van der Waals surface area contributed by atoms with Gasteiger partial charge >= 0.3 is 0 Å². The summed E-state index contributed by atoms with van der Waals surface area (Å²) in [5, 5.41) is 14.9. The Hall–Kier alpha value is -2.91. The smallest absolute Gasteiger partial charge is 0.257 e. The molecule has 8 nitrogen and oxygen atoms in total. The van der Waals surface area contributed by atoms with Gasteiger partial charge in [0.25, 0.3) is 5.91 Å². The van der Waals surface area contributed by atoms with Crippen LogP contribution in [0.25, 0.3) is 0 Å². The molecule has 0 aromatic heterocycles. The van der Waals surface area contributed by atoms with Gasteiger partial charge in [-0.05, 0) is 24.1 Å². The Labute approximate surface area is 158 Å². The fourth-order valence-electron chi connectivity index (χ4n) is 2.26. The molecule has 9 heteroatoms. The van der Waals surface area contributed by atoms with Crippen LogP contribution in [0.1, 0.15) is 15.9 Å². The van der Waals surface area contributed by atoms with Crippen molar-refractivity contribution < 1.29 is 23.1 Å². The Morgan fingerprint density at radius 3 is 2.30 bits per heavy atom. The largest absolute Gasteiger partial charge is 0.858 e. The van der Waals surface area contributed by atoms with E-state index in [4.69, 9.17) is 4.74 Å². The third kappa shape index (κ3) is 6.08. The van der Waals surface area contributed by atoms with Crippen molar-refractivity contribution in [2.24, 2.45) is 4.99 Å². The molecular formula is C18H20N3O5S-. The third-order valence-corrected chi connectivity index (χ3v) is 4.01. The predicted molar refractivity (Wildman–Crippen MR) is 103 cm³/mol. The standard InChI is InChI=1S/C18H21N3O5S/c1-26-12-11-19-17(22)13-7-3-5-9-15(13)20-18(23)14-8-4-6-10-16(14)21-27(2,24)25/h3-10,21H,11-12H2,1-2H3,(H,19,22)(H,20,23)/p-1. The molecular weight excluding hydrogens is 370 g/mol. The molecule has 1 amide bonds. The zero-order valence-corrected chi connectivity index (χ0v) is 15.7. The van der Waals surface area contributed by atoms with Gasteiger partial charge < -0.3 is 15.2 Å². The van der Waals surface area contributed by atoms with E-state index >= 15 is 0 Å². The molecule has 0 radical (unpaired) electrons. The summed E-state index contributed by atoms with van der Waals surface area (Å²) in [6.07, 6.45) is 0.997. The summed E-state index contributed by atoms with van der Waals surface area (Å²) >= 11 is 0. The molecule has 2 aromatic carbocycles. The number of para-hydroxylation sites is 2. The number of aliphatic imine (C=N–C) groups is 1. The minimum atomic E-state index is -3.55. The van der Waals surface area contributed by atoms with Gasteiger partial charge in [0.05, 0.1) is 30.7 Å². The van der Waals surface area contributed by atoms with Gasteiger partial charge in [0.2, 0.25) is 10.0 Å². The molecule has 0 fully saturated rings. The molecule has 0 saturated carbocycles. The first-order chi connectivity index (χ1) is 12.8. The molecule has 0 spiro atoms. The topological polar surface area (TPSA) is 120 Å². The highest BCUT2D eigenvalue weighted by Gasteiger charge is 2.15. The van der Waals surface area contributed by atoms with Crippen LogP contribution in [0, 0.1) is 0 Å². The SMILES string of the molecule is COCCN=C([O-])c1ccccc1NC(=O)c1ccccc1NS(C)(=O)=O. The van der Waals surface area contributed by atoms with Crippen molar-refractivity contribution in [1.82, 2.24) is 0 Å². The number of rotatable bonds is 8. The lowest BCUT2D eigenvalue weighted by Gasteiger charge is -2.17. The highest BCUT2D eigenvalue weighted by Crippen LogP contribution is 2.20. The third-order valence-electron chi connectivity index (χ3n) is 3.42. The maximum Gasteiger partial charge on any atom is 0.257 e. The van der Waals surface area contributed by atoms with E-state index in [0.717, 1.165) is 6.26 Å². The van der Waals surface area contributed by atoms with E-state index in [1.807, 2.05) is 0 Å². The molecule has 0 atom stereocenters. The summed E-state index contributed by atoms with van der Waals surface area (Å²) in [4.78, 5) is 16.5. The van der Waals surface area contributed by atoms with Gasteiger partial charge in [0, 0.05) is 18.4 Å². The summed E-state index contributed by atoms with van der Waals surface area (Å²) in [7, 11) is -2.04. The molecule has 144 valence electrons. The van der Waals surface area contributed by atoms with Crippen LogP contribution in [0.5, 0.6) is 0 Å². The Morgan fingerprint density at radius 1 is 1.07 bits per heavy atom. The van der Waals surface area contributed by atoms with Crippen molar-refractivity contribution >= 4 is 33.2 Å². The van der Waals surface area contributed by atoms with Gasteiger partial charge in [0.1, 0.15) is 0 Å². The molecule has 0 saturated heterocycles. The van der Waals surface area contributed by atoms with Crippen LogP contribution in [-0.2, 0) is 14.8 Å². The summed E-state index contributed by atoms with van der Waals surface area (Å²) in [6, 6.07) is 12.6. The number of nitrogens with one attached hydrogen (secondary N) is 2. The number of methoxy groups -OCH3 is 1. The van der Waals surface area contributed by atoms with Gasteiger partial charge in [-0.1, -0.05) is 30.3 Å². The van der Waals surface area contributed by atoms with Gasteiger partial charge in [0.15, 0.2) is 0 Å². The summed E-state index contributed by atoms with van der Waals surface area (Å²) < 4.78 is 30.1. The number of hydrogen-bond donors (Lipinski definition) is 2. The second-order valence-corrected chi connectivity index (χ2v) is 7.35. The molecule has 0 aliphatic heterocycles. The van der Waals surface area contributed by atoms with E-state index in [-0.39, 0.29) is 29.0 Å². The molecule has 2 rings (SSSR count). The molecule has 0 aliphatic rings. The van der Waals surface area contributed by atoms with E-state index in [9.17, 15) is 18.3 Å². The summed E-state index contributed by atoms with van der Waals surface area (Å²) in [6.45, 7) is 0.517. The summed E-state index contributed by atoms with van der Waals surface area (Å²) in [5.74, 6) is -1.04. The first-order valence-corrected chi connectivity index (χ1v) is 9.89. The maximum atomic E-state index is 12.6.